The second kappa shape index (κ2) is 7.88. The van der Waals surface area contributed by atoms with E-state index in [2.05, 4.69) is 10.6 Å². The normalized spacial score (nSPS) is 17.2. The first-order valence-electron chi connectivity index (χ1n) is 8.61. The van der Waals surface area contributed by atoms with Crippen LogP contribution in [0.4, 0.5) is 10.5 Å². The average Bonchev–Trinajstić information content (AvgIpc) is 3.07. The van der Waals surface area contributed by atoms with Crippen LogP contribution in [0.25, 0.3) is 0 Å². The number of aryl methyl sites for hydroxylation is 1. The van der Waals surface area contributed by atoms with Gasteiger partial charge in [0.15, 0.2) is 5.76 Å². The monoisotopic (exact) mass is 341 g/mol. The Kier molecular flexibility index (Phi) is 5.38. The van der Waals surface area contributed by atoms with Gasteiger partial charge in [0.1, 0.15) is 5.76 Å². The van der Waals surface area contributed by atoms with Gasteiger partial charge in [-0.05, 0) is 50.5 Å². The van der Waals surface area contributed by atoms with Gasteiger partial charge in [-0.3, -0.25) is 4.79 Å². The molecule has 132 valence electrons. The van der Waals surface area contributed by atoms with E-state index in [0.29, 0.717) is 18.8 Å². The van der Waals surface area contributed by atoms with Crippen molar-refractivity contribution in [2.75, 3.05) is 18.4 Å². The third-order valence-corrected chi connectivity index (χ3v) is 4.37. The molecule has 0 saturated carbocycles. The van der Waals surface area contributed by atoms with E-state index >= 15 is 0 Å². The highest BCUT2D eigenvalue weighted by atomic mass is 16.3. The van der Waals surface area contributed by atoms with Crippen LogP contribution in [0.1, 0.15) is 35.6 Å². The molecule has 0 aliphatic carbocycles. The molecule has 1 aliphatic rings. The number of para-hydroxylation sites is 1. The summed E-state index contributed by atoms with van der Waals surface area (Å²) in [7, 11) is 0. The number of anilines is 1. The Hall–Kier alpha value is -2.76. The molecule has 6 heteroatoms. The maximum Gasteiger partial charge on any atom is 0.319 e. The predicted octanol–water partition coefficient (Wildman–Crippen LogP) is 3.40. The molecule has 2 heterocycles. The van der Waals surface area contributed by atoms with Crippen LogP contribution in [0.3, 0.4) is 0 Å². The summed E-state index contributed by atoms with van der Waals surface area (Å²) < 4.78 is 5.46. The Morgan fingerprint density at radius 1 is 1.16 bits per heavy atom. The minimum absolute atomic E-state index is 0.0202. The van der Waals surface area contributed by atoms with E-state index < -0.39 is 0 Å². The van der Waals surface area contributed by atoms with Crippen LogP contribution < -0.4 is 10.6 Å². The fourth-order valence-electron chi connectivity index (χ4n) is 3.08. The van der Waals surface area contributed by atoms with E-state index in [0.717, 1.165) is 30.7 Å². The Labute approximate surface area is 147 Å². The number of hydrogen-bond donors (Lipinski definition) is 2. The van der Waals surface area contributed by atoms with Gasteiger partial charge in [-0.1, -0.05) is 18.2 Å². The molecule has 0 spiro atoms. The SMILES string of the molecule is Cc1ccc(C(=O)N2CCCC[C@H]2CNC(=O)Nc2ccccc2)o1. The predicted molar refractivity (Wildman–Crippen MR) is 95.6 cm³/mol. The molecule has 0 bridgehead atoms. The van der Waals surface area contributed by atoms with Gasteiger partial charge < -0.3 is 20.0 Å². The van der Waals surface area contributed by atoms with Crippen LogP contribution >= 0.6 is 0 Å². The van der Waals surface area contributed by atoms with E-state index in [-0.39, 0.29) is 18.0 Å². The van der Waals surface area contributed by atoms with Gasteiger partial charge in [-0.2, -0.15) is 0 Å². The molecule has 1 saturated heterocycles. The molecule has 1 aromatic heterocycles. The molecule has 1 atom stereocenters. The number of urea groups is 1. The molecule has 25 heavy (non-hydrogen) atoms. The number of likely N-dealkylation sites (tertiary alicyclic amines) is 1. The maximum atomic E-state index is 12.7. The second-order valence-corrected chi connectivity index (χ2v) is 6.26. The van der Waals surface area contributed by atoms with E-state index in [1.807, 2.05) is 42.2 Å². The van der Waals surface area contributed by atoms with E-state index in [1.165, 1.54) is 0 Å². The van der Waals surface area contributed by atoms with Gasteiger partial charge >= 0.3 is 6.03 Å². The minimum Gasteiger partial charge on any atom is -0.456 e. The number of rotatable bonds is 4. The summed E-state index contributed by atoms with van der Waals surface area (Å²) in [6.45, 7) is 2.93. The third kappa shape index (κ3) is 4.41. The van der Waals surface area contributed by atoms with Crippen LogP contribution in [0.2, 0.25) is 0 Å². The summed E-state index contributed by atoms with van der Waals surface area (Å²) in [5, 5.41) is 5.66. The molecule has 1 aromatic carbocycles. The lowest BCUT2D eigenvalue weighted by molar-refractivity contribution is 0.0581. The highest BCUT2D eigenvalue weighted by Gasteiger charge is 2.29. The van der Waals surface area contributed by atoms with Crippen molar-refractivity contribution < 1.29 is 14.0 Å². The fourth-order valence-corrected chi connectivity index (χ4v) is 3.08. The largest absolute Gasteiger partial charge is 0.456 e. The number of amides is 3. The zero-order valence-electron chi connectivity index (χ0n) is 14.3. The number of benzene rings is 1. The molecule has 2 N–H and O–H groups in total. The van der Waals surface area contributed by atoms with E-state index in [4.69, 9.17) is 4.42 Å². The number of piperidine rings is 1. The molecular formula is C19H23N3O3. The van der Waals surface area contributed by atoms with Crippen molar-refractivity contribution in [1.82, 2.24) is 10.2 Å². The van der Waals surface area contributed by atoms with Gasteiger partial charge in [0, 0.05) is 24.8 Å². The Bertz CT molecular complexity index is 727. The van der Waals surface area contributed by atoms with Gasteiger partial charge in [0.25, 0.3) is 5.91 Å². The summed E-state index contributed by atoms with van der Waals surface area (Å²) >= 11 is 0. The van der Waals surface area contributed by atoms with Crippen molar-refractivity contribution in [2.45, 2.75) is 32.2 Å². The Balaban J connectivity index is 1.57. The van der Waals surface area contributed by atoms with Crippen LogP contribution in [-0.4, -0.2) is 36.0 Å². The standard InChI is InChI=1S/C19H23N3O3/c1-14-10-11-17(25-14)18(23)22-12-6-5-9-16(22)13-20-19(24)21-15-7-3-2-4-8-15/h2-4,7-8,10-11,16H,5-6,9,12-13H2,1H3,(H2,20,21,24)/t16-/m0/s1. The lowest BCUT2D eigenvalue weighted by Gasteiger charge is -2.35. The van der Waals surface area contributed by atoms with Crippen molar-refractivity contribution >= 4 is 17.6 Å². The van der Waals surface area contributed by atoms with Gasteiger partial charge in [-0.15, -0.1) is 0 Å². The number of furan rings is 1. The molecule has 1 aliphatic heterocycles. The van der Waals surface area contributed by atoms with Crippen molar-refractivity contribution in [1.29, 1.82) is 0 Å². The molecule has 6 nitrogen and oxygen atoms in total. The highest BCUT2D eigenvalue weighted by Crippen LogP contribution is 2.20. The first-order valence-corrected chi connectivity index (χ1v) is 8.61. The van der Waals surface area contributed by atoms with Crippen molar-refractivity contribution in [3.8, 4) is 0 Å². The van der Waals surface area contributed by atoms with Crippen molar-refractivity contribution in [3.63, 3.8) is 0 Å². The first kappa shape index (κ1) is 17.1. The van der Waals surface area contributed by atoms with E-state index in [1.54, 1.807) is 12.1 Å². The lowest BCUT2D eigenvalue weighted by atomic mass is 10.0. The van der Waals surface area contributed by atoms with E-state index in [9.17, 15) is 9.59 Å². The minimum atomic E-state index is -0.266. The van der Waals surface area contributed by atoms with Crippen LogP contribution in [0, 0.1) is 6.92 Å². The van der Waals surface area contributed by atoms with Crippen molar-refractivity contribution in [3.05, 3.63) is 54.0 Å². The summed E-state index contributed by atoms with van der Waals surface area (Å²) in [5.41, 5.74) is 0.739. The molecule has 2 aromatic rings. The maximum absolute atomic E-state index is 12.7. The smallest absolute Gasteiger partial charge is 0.319 e. The zero-order valence-corrected chi connectivity index (χ0v) is 14.3. The molecule has 3 amide bonds. The molecule has 0 radical (unpaired) electrons. The third-order valence-electron chi connectivity index (χ3n) is 4.37. The molecule has 1 fully saturated rings. The molecular weight excluding hydrogens is 318 g/mol. The number of carbonyl (C=O) groups is 2. The van der Waals surface area contributed by atoms with Gasteiger partial charge in [-0.25, -0.2) is 4.79 Å². The summed E-state index contributed by atoms with van der Waals surface area (Å²) in [5.74, 6) is 0.971. The number of nitrogens with one attached hydrogen (secondary N) is 2. The van der Waals surface area contributed by atoms with Gasteiger partial charge in [0.05, 0.1) is 0 Å². The molecule has 0 unspecified atom stereocenters. The zero-order chi connectivity index (χ0) is 17.6. The second-order valence-electron chi connectivity index (χ2n) is 6.26. The number of nitrogens with zero attached hydrogens (tertiary/aromatic N) is 1. The number of carbonyl (C=O) groups excluding carboxylic acids is 2. The van der Waals surface area contributed by atoms with Crippen LogP contribution in [-0.2, 0) is 0 Å². The highest BCUT2D eigenvalue weighted by molar-refractivity contribution is 5.92. The first-order chi connectivity index (χ1) is 12.1. The quantitative estimate of drug-likeness (QED) is 0.895. The van der Waals surface area contributed by atoms with Crippen molar-refractivity contribution in [2.24, 2.45) is 0 Å². The van der Waals surface area contributed by atoms with Gasteiger partial charge in [0.2, 0.25) is 0 Å². The summed E-state index contributed by atoms with van der Waals surface area (Å²) in [6.07, 6.45) is 2.89. The summed E-state index contributed by atoms with van der Waals surface area (Å²) in [6, 6.07) is 12.5. The van der Waals surface area contributed by atoms with Crippen LogP contribution in [0.5, 0.6) is 0 Å². The van der Waals surface area contributed by atoms with Crippen LogP contribution in [0.15, 0.2) is 46.9 Å². The summed E-state index contributed by atoms with van der Waals surface area (Å²) in [4.78, 5) is 26.5. The lowest BCUT2D eigenvalue weighted by Crippen LogP contribution is -2.49. The Morgan fingerprint density at radius 2 is 1.96 bits per heavy atom. The fraction of sp³-hybridized carbons (Fsp3) is 0.368. The number of hydrogen-bond acceptors (Lipinski definition) is 3. The topological polar surface area (TPSA) is 74.6 Å². The Morgan fingerprint density at radius 3 is 2.68 bits per heavy atom. The molecule has 3 rings (SSSR count). The average molecular weight is 341 g/mol.